The van der Waals surface area contributed by atoms with E-state index >= 15 is 0 Å². The number of nitrogens with one attached hydrogen (secondary N) is 1. The second-order valence-electron chi connectivity index (χ2n) is 9.31. The summed E-state index contributed by atoms with van der Waals surface area (Å²) in [6.07, 6.45) is 1.27. The molecule has 12 heteroatoms. The van der Waals surface area contributed by atoms with Gasteiger partial charge in [0.25, 0.3) is 0 Å². The highest BCUT2D eigenvalue weighted by atomic mass is 35.5. The molecule has 5 atom stereocenters. The Morgan fingerprint density at radius 2 is 1.83 bits per heavy atom. The number of hydrogen-bond acceptors (Lipinski definition) is 5. The second-order valence-corrected chi connectivity index (χ2v) is 11.7. The summed E-state index contributed by atoms with van der Waals surface area (Å²) in [4.78, 5) is 13.1. The molecule has 0 radical (unpaired) electrons. The lowest BCUT2D eigenvalue weighted by Crippen LogP contribution is -2.44. The molecule has 1 heterocycles. The van der Waals surface area contributed by atoms with E-state index < -0.39 is 26.8 Å². The van der Waals surface area contributed by atoms with Gasteiger partial charge in [-0.05, 0) is 67.3 Å². The fourth-order valence-electron chi connectivity index (χ4n) is 5.96. The number of alkyl halides is 3. The van der Waals surface area contributed by atoms with E-state index in [1.165, 1.54) is 6.07 Å². The van der Waals surface area contributed by atoms with Crippen LogP contribution in [0.3, 0.4) is 0 Å². The molecule has 1 aliphatic carbocycles. The lowest BCUT2D eigenvalue weighted by Gasteiger charge is -2.47. The number of amides is 1. The zero-order chi connectivity index (χ0) is 26.5. The van der Waals surface area contributed by atoms with Gasteiger partial charge in [-0.3, -0.25) is 4.79 Å². The summed E-state index contributed by atoms with van der Waals surface area (Å²) in [5, 5.41) is 13.4. The zero-order valence-corrected chi connectivity index (χ0v) is 21.4. The Hall–Kier alpha value is -2.01. The molecule has 1 amide bonds. The molecule has 4 rings (SSSR count). The maximum atomic E-state index is 13.1. The van der Waals surface area contributed by atoms with Crippen molar-refractivity contribution in [2.75, 3.05) is 6.61 Å². The van der Waals surface area contributed by atoms with Gasteiger partial charge >= 0.3 is 15.6 Å². The largest absolute Gasteiger partial charge is 0.534 e. The maximum absolute atomic E-state index is 13.1. The Balaban J connectivity index is 1.77. The number of benzene rings is 2. The third kappa shape index (κ3) is 4.68. The monoisotopic (exact) mass is 565 g/mol. The van der Waals surface area contributed by atoms with Gasteiger partial charge in [-0.25, -0.2) is 0 Å². The first kappa shape index (κ1) is 27.0. The average Bonchev–Trinajstić information content (AvgIpc) is 3.03. The lowest BCUT2D eigenvalue weighted by atomic mass is 9.54. The van der Waals surface area contributed by atoms with E-state index in [9.17, 15) is 31.5 Å². The average molecular weight is 566 g/mol. The normalized spacial score (nSPS) is 28.5. The first-order valence-electron chi connectivity index (χ1n) is 11.3. The number of rotatable bonds is 6. The quantitative estimate of drug-likeness (QED) is 0.362. The summed E-state index contributed by atoms with van der Waals surface area (Å²) in [7, 11) is -5.84. The van der Waals surface area contributed by atoms with Crippen molar-refractivity contribution in [2.45, 2.75) is 49.6 Å². The van der Waals surface area contributed by atoms with E-state index in [4.69, 9.17) is 23.2 Å². The van der Waals surface area contributed by atoms with Gasteiger partial charge in [0.1, 0.15) is 5.75 Å². The highest BCUT2D eigenvalue weighted by Gasteiger charge is 2.60. The Kier molecular flexibility index (Phi) is 7.29. The van der Waals surface area contributed by atoms with Crippen LogP contribution in [-0.4, -0.2) is 37.6 Å². The number of aliphatic hydroxyl groups is 1. The molecule has 2 aromatic carbocycles. The van der Waals surface area contributed by atoms with Crippen molar-refractivity contribution in [3.63, 3.8) is 0 Å². The Morgan fingerprint density at radius 3 is 2.42 bits per heavy atom. The van der Waals surface area contributed by atoms with Gasteiger partial charge in [0.2, 0.25) is 5.91 Å². The van der Waals surface area contributed by atoms with Gasteiger partial charge in [0.15, 0.2) is 0 Å². The number of carbonyl (C=O) groups is 1. The second kappa shape index (κ2) is 9.70. The van der Waals surface area contributed by atoms with Gasteiger partial charge in [0, 0.05) is 34.7 Å². The van der Waals surface area contributed by atoms with E-state index in [1.807, 2.05) is 19.1 Å². The van der Waals surface area contributed by atoms with E-state index in [0.717, 1.165) is 17.7 Å². The van der Waals surface area contributed by atoms with Crippen LogP contribution in [0.1, 0.15) is 49.1 Å². The van der Waals surface area contributed by atoms with E-state index in [0.29, 0.717) is 29.8 Å². The molecule has 196 valence electrons. The highest BCUT2D eigenvalue weighted by Crippen LogP contribution is 2.60. The molecule has 6 nitrogen and oxygen atoms in total. The van der Waals surface area contributed by atoms with Crippen LogP contribution in [0.2, 0.25) is 10.0 Å². The maximum Gasteiger partial charge on any atom is 0.534 e. The van der Waals surface area contributed by atoms with Crippen molar-refractivity contribution in [1.82, 2.24) is 5.32 Å². The van der Waals surface area contributed by atoms with Crippen LogP contribution in [0.5, 0.6) is 5.75 Å². The van der Waals surface area contributed by atoms with Crippen LogP contribution in [0, 0.1) is 11.3 Å². The van der Waals surface area contributed by atoms with Crippen molar-refractivity contribution < 1.29 is 35.7 Å². The van der Waals surface area contributed by atoms with Crippen LogP contribution in [0.15, 0.2) is 42.5 Å². The molecule has 36 heavy (non-hydrogen) atoms. The minimum absolute atomic E-state index is 0.0495. The van der Waals surface area contributed by atoms with Gasteiger partial charge in [-0.1, -0.05) is 41.4 Å². The van der Waals surface area contributed by atoms with Crippen LogP contribution >= 0.6 is 23.2 Å². The molecular formula is C24H24Cl2F3NO5S. The summed E-state index contributed by atoms with van der Waals surface area (Å²) in [5.74, 6) is -1.38. The topological polar surface area (TPSA) is 92.7 Å². The zero-order valence-electron chi connectivity index (χ0n) is 19.1. The SMILES string of the molecule is C[C@H]1NC(=O)[C@]2(CCO)CC[C@@H](c3ccc(OS(=O)(=O)C(F)(F)F)cc3Cl)[C@H](c3ccc(Cl)cc3)[C@H]12. The third-order valence-corrected chi connectivity index (χ3v) is 8.94. The number of carbonyl (C=O) groups excluding carboxylic acids is 1. The van der Waals surface area contributed by atoms with Crippen LogP contribution in [-0.2, 0) is 14.9 Å². The van der Waals surface area contributed by atoms with Crippen molar-refractivity contribution in [1.29, 1.82) is 0 Å². The van der Waals surface area contributed by atoms with Gasteiger partial charge in [-0.15, -0.1) is 0 Å². The molecular weight excluding hydrogens is 542 g/mol. The summed E-state index contributed by atoms with van der Waals surface area (Å²) in [6, 6.07) is 10.7. The summed E-state index contributed by atoms with van der Waals surface area (Å²) < 4.78 is 65.3. The number of halogens is 5. The lowest BCUT2D eigenvalue weighted by molar-refractivity contribution is -0.132. The molecule has 0 aromatic heterocycles. The van der Waals surface area contributed by atoms with Crippen LogP contribution in [0.25, 0.3) is 0 Å². The fourth-order valence-corrected chi connectivity index (χ4v) is 6.85. The van der Waals surface area contributed by atoms with Gasteiger partial charge < -0.3 is 14.6 Å². The van der Waals surface area contributed by atoms with Crippen LogP contribution < -0.4 is 9.50 Å². The number of hydrogen-bond donors (Lipinski definition) is 2. The smallest absolute Gasteiger partial charge is 0.396 e. The summed E-state index contributed by atoms with van der Waals surface area (Å²) in [5.41, 5.74) is -4.87. The molecule has 2 N–H and O–H groups in total. The predicted octanol–water partition coefficient (Wildman–Crippen LogP) is 5.39. The van der Waals surface area contributed by atoms with Gasteiger partial charge in [-0.2, -0.15) is 21.6 Å². The minimum Gasteiger partial charge on any atom is -0.396 e. The molecule has 0 spiro atoms. The number of aliphatic hydroxyl groups excluding tert-OH is 1. The van der Waals surface area contributed by atoms with Crippen molar-refractivity contribution >= 4 is 39.2 Å². The molecule has 1 aliphatic heterocycles. The van der Waals surface area contributed by atoms with E-state index in [2.05, 4.69) is 9.50 Å². The predicted molar refractivity (Wildman–Crippen MR) is 128 cm³/mol. The van der Waals surface area contributed by atoms with Crippen molar-refractivity contribution in [3.8, 4) is 5.75 Å². The van der Waals surface area contributed by atoms with E-state index in [-0.39, 0.29) is 41.3 Å². The van der Waals surface area contributed by atoms with Crippen LogP contribution in [0.4, 0.5) is 13.2 Å². The molecule has 0 bridgehead atoms. The molecule has 2 fully saturated rings. The first-order chi connectivity index (χ1) is 16.8. The number of fused-ring (bicyclic) bond motifs is 1. The molecule has 1 saturated heterocycles. The van der Waals surface area contributed by atoms with E-state index in [1.54, 1.807) is 12.1 Å². The summed E-state index contributed by atoms with van der Waals surface area (Å²) >= 11 is 12.6. The van der Waals surface area contributed by atoms with Gasteiger partial charge in [0.05, 0.1) is 5.41 Å². The fraction of sp³-hybridized carbons (Fsp3) is 0.458. The highest BCUT2D eigenvalue weighted by molar-refractivity contribution is 7.88. The first-order valence-corrected chi connectivity index (χ1v) is 13.4. The molecule has 2 aromatic rings. The Labute approximate surface area is 216 Å². The van der Waals surface area contributed by atoms with Crippen molar-refractivity contribution in [2.24, 2.45) is 11.3 Å². The molecule has 0 unspecified atom stereocenters. The summed E-state index contributed by atoms with van der Waals surface area (Å²) in [6.45, 7) is 1.75. The Bertz CT molecular complexity index is 1260. The third-order valence-electron chi connectivity index (χ3n) is 7.38. The molecule has 1 saturated carbocycles. The molecule has 2 aliphatic rings. The van der Waals surface area contributed by atoms with Crippen molar-refractivity contribution in [3.05, 3.63) is 63.6 Å². The standard InChI is InChI=1S/C24H24Cl2F3NO5S/c1-13-21-20(14-2-4-15(25)5-3-14)18(8-9-23(21,10-11-31)22(32)30-13)17-7-6-16(12-19(17)26)35-36(33,34)24(27,28)29/h2-7,12-13,18,20-21,31H,8-11H2,1H3,(H,30,32)/t13-,18+,20+,21+,23+/m1/s1. The minimum atomic E-state index is -5.84. The Morgan fingerprint density at radius 1 is 1.17 bits per heavy atom.